The van der Waals surface area contributed by atoms with Gasteiger partial charge in [-0.05, 0) is 37.6 Å². The van der Waals surface area contributed by atoms with E-state index < -0.39 is 0 Å². The van der Waals surface area contributed by atoms with Crippen LogP contribution >= 0.6 is 0 Å². The van der Waals surface area contributed by atoms with Gasteiger partial charge in [0.15, 0.2) is 0 Å². The zero-order valence-electron chi connectivity index (χ0n) is 11.2. The van der Waals surface area contributed by atoms with Crippen molar-refractivity contribution in [3.8, 4) is 0 Å². The van der Waals surface area contributed by atoms with Gasteiger partial charge < -0.3 is 10.2 Å². The summed E-state index contributed by atoms with van der Waals surface area (Å²) in [5.41, 5.74) is 0. The van der Waals surface area contributed by atoms with Crippen LogP contribution in [0, 0.1) is 11.8 Å². The smallest absolute Gasteiger partial charge is 0.236 e. The van der Waals surface area contributed by atoms with E-state index >= 15 is 0 Å². The molecule has 0 aromatic heterocycles. The van der Waals surface area contributed by atoms with Crippen LogP contribution in [0.1, 0.15) is 25.7 Å². The van der Waals surface area contributed by atoms with Gasteiger partial charge in [0.2, 0.25) is 5.91 Å². The van der Waals surface area contributed by atoms with Crippen LogP contribution in [0.2, 0.25) is 0 Å². The van der Waals surface area contributed by atoms with Crippen LogP contribution in [0.3, 0.4) is 0 Å². The van der Waals surface area contributed by atoms with E-state index in [-0.39, 0.29) is 0 Å². The monoisotopic (exact) mass is 251 g/mol. The molecule has 2 atom stereocenters. The van der Waals surface area contributed by atoms with E-state index in [1.165, 1.54) is 32.4 Å². The van der Waals surface area contributed by atoms with E-state index in [1.54, 1.807) is 0 Å². The predicted molar refractivity (Wildman–Crippen MR) is 71.3 cm³/mol. The number of rotatable bonds is 2. The standard InChI is InChI=1S/C14H25N3O/c18-14(17-7-2-5-15-6-8-17)11-16-9-12-3-1-4-13(12)10-16/h12-13,15H,1-11H2. The summed E-state index contributed by atoms with van der Waals surface area (Å²) in [6.45, 7) is 6.83. The molecule has 2 heterocycles. The van der Waals surface area contributed by atoms with Crippen molar-refractivity contribution in [1.82, 2.24) is 15.1 Å². The lowest BCUT2D eigenvalue weighted by Gasteiger charge is -2.24. The van der Waals surface area contributed by atoms with E-state index in [0.29, 0.717) is 12.5 Å². The second-order valence-electron chi connectivity index (χ2n) is 6.13. The Balaban J connectivity index is 1.48. The Morgan fingerprint density at radius 1 is 1.06 bits per heavy atom. The maximum absolute atomic E-state index is 12.3. The highest BCUT2D eigenvalue weighted by Crippen LogP contribution is 2.37. The Morgan fingerprint density at radius 2 is 1.83 bits per heavy atom. The number of carbonyl (C=O) groups excluding carboxylic acids is 1. The number of hydrogen-bond acceptors (Lipinski definition) is 3. The number of likely N-dealkylation sites (tertiary alicyclic amines) is 1. The Bertz CT molecular complexity index is 287. The van der Waals surface area contributed by atoms with Crippen LogP contribution < -0.4 is 5.32 Å². The van der Waals surface area contributed by atoms with Gasteiger partial charge in [-0.1, -0.05) is 6.42 Å². The van der Waals surface area contributed by atoms with E-state index in [2.05, 4.69) is 10.2 Å². The molecule has 0 spiro atoms. The zero-order chi connectivity index (χ0) is 12.4. The molecule has 2 aliphatic heterocycles. The highest BCUT2D eigenvalue weighted by molar-refractivity contribution is 5.78. The zero-order valence-corrected chi connectivity index (χ0v) is 11.2. The van der Waals surface area contributed by atoms with Gasteiger partial charge in [-0.3, -0.25) is 9.69 Å². The topological polar surface area (TPSA) is 35.6 Å². The maximum atomic E-state index is 12.3. The molecule has 1 N–H and O–H groups in total. The van der Waals surface area contributed by atoms with Crippen molar-refractivity contribution in [3.05, 3.63) is 0 Å². The minimum absolute atomic E-state index is 0.346. The molecule has 18 heavy (non-hydrogen) atoms. The number of nitrogens with one attached hydrogen (secondary N) is 1. The van der Waals surface area contributed by atoms with Gasteiger partial charge >= 0.3 is 0 Å². The molecule has 0 aromatic carbocycles. The lowest BCUT2D eigenvalue weighted by atomic mass is 10.0. The summed E-state index contributed by atoms with van der Waals surface area (Å²) >= 11 is 0. The quantitative estimate of drug-likeness (QED) is 0.778. The van der Waals surface area contributed by atoms with Crippen LogP contribution in [0.5, 0.6) is 0 Å². The molecule has 1 saturated carbocycles. The van der Waals surface area contributed by atoms with Gasteiger partial charge in [0, 0.05) is 32.7 Å². The van der Waals surface area contributed by atoms with E-state index in [1.807, 2.05) is 4.90 Å². The van der Waals surface area contributed by atoms with Crippen LogP contribution in [-0.2, 0) is 4.79 Å². The molecule has 3 fully saturated rings. The summed E-state index contributed by atoms with van der Waals surface area (Å²) in [5.74, 6) is 2.13. The number of carbonyl (C=O) groups is 1. The fraction of sp³-hybridized carbons (Fsp3) is 0.929. The van der Waals surface area contributed by atoms with Crippen molar-refractivity contribution >= 4 is 5.91 Å². The van der Waals surface area contributed by atoms with Crippen LogP contribution in [0.15, 0.2) is 0 Å². The molecule has 4 heteroatoms. The van der Waals surface area contributed by atoms with Crippen molar-refractivity contribution in [1.29, 1.82) is 0 Å². The number of amides is 1. The summed E-state index contributed by atoms with van der Waals surface area (Å²) in [6, 6.07) is 0. The molecule has 0 aromatic rings. The number of hydrogen-bond donors (Lipinski definition) is 1. The first kappa shape index (κ1) is 12.4. The highest BCUT2D eigenvalue weighted by Gasteiger charge is 2.36. The molecular weight excluding hydrogens is 226 g/mol. The summed E-state index contributed by atoms with van der Waals surface area (Å²) in [6.07, 6.45) is 5.29. The molecule has 3 rings (SSSR count). The third-order valence-corrected chi connectivity index (χ3v) is 4.85. The first-order valence-corrected chi connectivity index (χ1v) is 7.54. The highest BCUT2D eigenvalue weighted by atomic mass is 16.2. The second kappa shape index (κ2) is 5.57. The van der Waals surface area contributed by atoms with Crippen LogP contribution in [-0.4, -0.2) is 61.5 Å². The lowest BCUT2D eigenvalue weighted by molar-refractivity contribution is -0.132. The second-order valence-corrected chi connectivity index (χ2v) is 6.13. The molecule has 4 nitrogen and oxygen atoms in total. The average Bonchev–Trinajstić information content (AvgIpc) is 2.80. The van der Waals surface area contributed by atoms with E-state index in [4.69, 9.17) is 0 Å². The SMILES string of the molecule is O=C(CN1CC2CCCC2C1)N1CCCNCC1. The Morgan fingerprint density at radius 3 is 2.61 bits per heavy atom. The van der Waals surface area contributed by atoms with Crippen LogP contribution in [0.4, 0.5) is 0 Å². The Labute approximate surface area is 110 Å². The summed E-state index contributed by atoms with van der Waals surface area (Å²) < 4.78 is 0. The molecule has 1 aliphatic carbocycles. The molecule has 3 aliphatic rings. The minimum Gasteiger partial charge on any atom is -0.340 e. The molecule has 2 unspecified atom stereocenters. The van der Waals surface area contributed by atoms with Gasteiger partial charge in [-0.15, -0.1) is 0 Å². The average molecular weight is 251 g/mol. The van der Waals surface area contributed by atoms with E-state index in [9.17, 15) is 4.79 Å². The summed E-state index contributed by atoms with van der Waals surface area (Å²) in [4.78, 5) is 16.7. The van der Waals surface area contributed by atoms with Gasteiger partial charge in [-0.25, -0.2) is 0 Å². The molecule has 2 saturated heterocycles. The molecule has 102 valence electrons. The lowest BCUT2D eigenvalue weighted by Crippen LogP contribution is -2.41. The number of nitrogens with zero attached hydrogens (tertiary/aromatic N) is 2. The largest absolute Gasteiger partial charge is 0.340 e. The fourth-order valence-corrected chi connectivity index (χ4v) is 3.85. The van der Waals surface area contributed by atoms with Crippen molar-refractivity contribution in [2.45, 2.75) is 25.7 Å². The maximum Gasteiger partial charge on any atom is 0.236 e. The first-order valence-electron chi connectivity index (χ1n) is 7.54. The number of fused-ring (bicyclic) bond motifs is 1. The normalized spacial score (nSPS) is 33.4. The Kier molecular flexibility index (Phi) is 3.85. The molecule has 0 bridgehead atoms. The third-order valence-electron chi connectivity index (χ3n) is 4.85. The van der Waals surface area contributed by atoms with E-state index in [0.717, 1.165) is 44.4 Å². The summed E-state index contributed by atoms with van der Waals surface area (Å²) in [7, 11) is 0. The molecule has 0 radical (unpaired) electrons. The van der Waals surface area contributed by atoms with Gasteiger partial charge in [0.1, 0.15) is 0 Å². The predicted octanol–water partition coefficient (Wildman–Crippen LogP) is 0.540. The van der Waals surface area contributed by atoms with Gasteiger partial charge in [0.25, 0.3) is 0 Å². The first-order chi connectivity index (χ1) is 8.83. The van der Waals surface area contributed by atoms with Crippen molar-refractivity contribution < 1.29 is 4.79 Å². The molecule has 1 amide bonds. The van der Waals surface area contributed by atoms with Crippen molar-refractivity contribution in [2.75, 3.05) is 45.8 Å². The van der Waals surface area contributed by atoms with Crippen LogP contribution in [0.25, 0.3) is 0 Å². The Hall–Kier alpha value is -0.610. The van der Waals surface area contributed by atoms with Gasteiger partial charge in [0.05, 0.1) is 6.54 Å². The fourth-order valence-electron chi connectivity index (χ4n) is 3.85. The molecular formula is C14H25N3O. The third kappa shape index (κ3) is 2.69. The summed E-state index contributed by atoms with van der Waals surface area (Å²) in [5, 5.41) is 3.35. The van der Waals surface area contributed by atoms with Gasteiger partial charge in [-0.2, -0.15) is 0 Å². The van der Waals surface area contributed by atoms with Crippen molar-refractivity contribution in [3.63, 3.8) is 0 Å². The van der Waals surface area contributed by atoms with Crippen molar-refractivity contribution in [2.24, 2.45) is 11.8 Å². The minimum atomic E-state index is 0.346.